The van der Waals surface area contributed by atoms with Crippen LogP contribution in [0.15, 0.2) is 17.7 Å². The van der Waals surface area contributed by atoms with E-state index in [1.165, 1.54) is 0 Å². The number of halogens is 5. The van der Waals surface area contributed by atoms with Gasteiger partial charge in [0.2, 0.25) is 6.10 Å². The summed E-state index contributed by atoms with van der Waals surface area (Å²) < 4.78 is 56.0. The maximum absolute atomic E-state index is 13.5. The second-order valence-electron chi connectivity index (χ2n) is 3.75. The van der Waals surface area contributed by atoms with Crippen LogP contribution < -0.4 is 4.74 Å². The summed E-state index contributed by atoms with van der Waals surface area (Å²) in [4.78, 5) is 10.8. The van der Waals surface area contributed by atoms with Gasteiger partial charge in [0.05, 0.1) is 5.57 Å². The molecular weight excluding hydrogens is 292 g/mol. The van der Waals surface area contributed by atoms with Crippen molar-refractivity contribution in [1.82, 2.24) is 0 Å². The minimum atomic E-state index is -4.96. The quantitative estimate of drug-likeness (QED) is 0.809. The van der Waals surface area contributed by atoms with Gasteiger partial charge < -0.3 is 9.84 Å². The van der Waals surface area contributed by atoms with Gasteiger partial charge >= 0.3 is 12.1 Å². The molecule has 0 radical (unpaired) electrons. The van der Waals surface area contributed by atoms with E-state index in [1.54, 1.807) is 0 Å². The Morgan fingerprint density at radius 3 is 2.53 bits per heavy atom. The van der Waals surface area contributed by atoms with Crippen LogP contribution in [0.2, 0.25) is 5.02 Å². The van der Waals surface area contributed by atoms with E-state index < -0.39 is 35.4 Å². The molecule has 0 amide bonds. The maximum Gasteiger partial charge on any atom is 0.430 e. The van der Waals surface area contributed by atoms with Gasteiger partial charge in [-0.15, -0.1) is 0 Å². The average molecular weight is 297 g/mol. The van der Waals surface area contributed by atoms with Crippen LogP contribution in [-0.2, 0) is 4.79 Å². The molecule has 1 atom stereocenters. The fraction of sp³-hybridized carbons (Fsp3) is 0.182. The normalized spacial score (nSPS) is 18.4. The van der Waals surface area contributed by atoms with Gasteiger partial charge in [-0.05, 0) is 18.2 Å². The first-order chi connectivity index (χ1) is 8.70. The van der Waals surface area contributed by atoms with Crippen molar-refractivity contribution in [2.45, 2.75) is 12.3 Å². The van der Waals surface area contributed by atoms with Crippen molar-refractivity contribution in [1.29, 1.82) is 0 Å². The van der Waals surface area contributed by atoms with Gasteiger partial charge in [0.25, 0.3) is 0 Å². The zero-order valence-electron chi connectivity index (χ0n) is 8.96. The van der Waals surface area contributed by atoms with Crippen LogP contribution in [0.1, 0.15) is 5.56 Å². The monoisotopic (exact) mass is 296 g/mol. The number of ether oxygens (including phenoxy) is 1. The smallest absolute Gasteiger partial charge is 0.430 e. The number of fused-ring (bicyclic) bond motifs is 1. The molecule has 2 rings (SSSR count). The first-order valence-corrected chi connectivity index (χ1v) is 5.25. The van der Waals surface area contributed by atoms with Gasteiger partial charge in [-0.1, -0.05) is 11.6 Å². The molecule has 0 aromatic heterocycles. The van der Waals surface area contributed by atoms with Crippen LogP contribution in [0.3, 0.4) is 0 Å². The van der Waals surface area contributed by atoms with Crippen LogP contribution in [0, 0.1) is 5.82 Å². The maximum atomic E-state index is 13.5. The van der Waals surface area contributed by atoms with Gasteiger partial charge in [0.1, 0.15) is 0 Å². The van der Waals surface area contributed by atoms with Crippen LogP contribution in [0.5, 0.6) is 5.75 Å². The summed E-state index contributed by atoms with van der Waals surface area (Å²) in [6.45, 7) is 0. The largest absolute Gasteiger partial charge is 0.478 e. The number of hydrogen-bond donors (Lipinski definition) is 1. The zero-order chi connectivity index (χ0) is 14.4. The van der Waals surface area contributed by atoms with Crippen molar-refractivity contribution in [2.75, 3.05) is 0 Å². The number of alkyl halides is 3. The SMILES string of the molecule is O=C(O)C1=Cc2cc(Cl)cc(F)c2O[C@@H]1C(F)(F)F. The van der Waals surface area contributed by atoms with Crippen molar-refractivity contribution in [3.63, 3.8) is 0 Å². The first kappa shape index (κ1) is 13.7. The van der Waals surface area contributed by atoms with Crippen molar-refractivity contribution in [3.05, 3.63) is 34.1 Å². The third kappa shape index (κ3) is 2.51. The molecule has 0 saturated carbocycles. The lowest BCUT2D eigenvalue weighted by Gasteiger charge is -2.27. The molecule has 8 heteroatoms. The summed E-state index contributed by atoms with van der Waals surface area (Å²) in [5, 5.41) is 8.68. The summed E-state index contributed by atoms with van der Waals surface area (Å²) >= 11 is 5.54. The number of hydrogen-bond acceptors (Lipinski definition) is 2. The Balaban J connectivity index is 2.61. The highest BCUT2D eigenvalue weighted by Crippen LogP contribution is 2.39. The highest BCUT2D eigenvalue weighted by Gasteiger charge is 2.48. The summed E-state index contributed by atoms with van der Waals surface area (Å²) in [6, 6.07) is 1.91. The molecule has 1 aliphatic heterocycles. The molecule has 0 unspecified atom stereocenters. The van der Waals surface area contributed by atoms with E-state index in [2.05, 4.69) is 4.74 Å². The van der Waals surface area contributed by atoms with E-state index in [0.717, 1.165) is 12.1 Å². The Labute approximate surface area is 109 Å². The second kappa shape index (κ2) is 4.41. The average Bonchev–Trinajstić information content (AvgIpc) is 2.25. The predicted octanol–water partition coefficient (Wildman–Crippen LogP) is 3.27. The van der Waals surface area contributed by atoms with Crippen molar-refractivity contribution < 1.29 is 32.2 Å². The van der Waals surface area contributed by atoms with Crippen LogP contribution in [-0.4, -0.2) is 23.4 Å². The van der Waals surface area contributed by atoms with Crippen molar-refractivity contribution in [2.24, 2.45) is 0 Å². The Kier molecular flexibility index (Phi) is 3.17. The number of aliphatic carboxylic acids is 1. The Bertz CT molecular complexity index is 580. The fourth-order valence-electron chi connectivity index (χ4n) is 1.65. The number of carboxylic acid groups (broad SMARTS) is 1. The van der Waals surface area contributed by atoms with E-state index in [-0.39, 0.29) is 10.6 Å². The van der Waals surface area contributed by atoms with Crippen LogP contribution in [0.4, 0.5) is 17.6 Å². The van der Waals surface area contributed by atoms with Crippen molar-refractivity contribution >= 4 is 23.6 Å². The highest BCUT2D eigenvalue weighted by atomic mass is 35.5. The molecule has 1 N–H and O–H groups in total. The Morgan fingerprint density at radius 1 is 1.37 bits per heavy atom. The van der Waals surface area contributed by atoms with Gasteiger partial charge in [0, 0.05) is 10.6 Å². The molecule has 102 valence electrons. The summed E-state index contributed by atoms with van der Waals surface area (Å²) in [5.74, 6) is -3.55. The van der Waals surface area contributed by atoms with E-state index in [0.29, 0.717) is 6.08 Å². The lowest BCUT2D eigenvalue weighted by molar-refractivity contribution is -0.187. The van der Waals surface area contributed by atoms with Gasteiger partial charge in [-0.25, -0.2) is 9.18 Å². The van der Waals surface area contributed by atoms with Crippen LogP contribution in [0.25, 0.3) is 6.08 Å². The van der Waals surface area contributed by atoms with Gasteiger partial charge in [-0.3, -0.25) is 0 Å². The van der Waals surface area contributed by atoms with E-state index in [1.807, 2.05) is 0 Å². The summed E-state index contributed by atoms with van der Waals surface area (Å²) in [7, 11) is 0. The topological polar surface area (TPSA) is 46.5 Å². The fourth-order valence-corrected chi connectivity index (χ4v) is 1.87. The van der Waals surface area contributed by atoms with E-state index in [4.69, 9.17) is 16.7 Å². The first-order valence-electron chi connectivity index (χ1n) is 4.87. The minimum absolute atomic E-state index is 0.0775. The standard InChI is InChI=1S/C11H5ClF4O3/c12-5-1-4-2-6(10(17)18)9(11(14,15)16)19-8(4)7(13)3-5/h1-3,9H,(H,17,18)/t9-/m0/s1. The van der Waals surface area contributed by atoms with E-state index in [9.17, 15) is 22.4 Å². The highest BCUT2D eigenvalue weighted by molar-refractivity contribution is 6.30. The molecule has 3 nitrogen and oxygen atoms in total. The third-order valence-corrected chi connectivity index (χ3v) is 2.63. The number of carboxylic acids is 1. The van der Waals surface area contributed by atoms with Crippen LogP contribution >= 0.6 is 11.6 Å². The lowest BCUT2D eigenvalue weighted by atomic mass is 10.0. The molecule has 1 aliphatic rings. The molecule has 19 heavy (non-hydrogen) atoms. The second-order valence-corrected chi connectivity index (χ2v) is 4.19. The lowest BCUT2D eigenvalue weighted by Crippen LogP contribution is -2.40. The third-order valence-electron chi connectivity index (χ3n) is 2.41. The number of rotatable bonds is 1. The zero-order valence-corrected chi connectivity index (χ0v) is 9.72. The van der Waals surface area contributed by atoms with Gasteiger partial charge in [-0.2, -0.15) is 13.2 Å². The summed E-state index contributed by atoms with van der Waals surface area (Å²) in [5.41, 5.74) is -1.18. The molecule has 1 heterocycles. The molecule has 0 spiro atoms. The molecule has 0 fully saturated rings. The van der Waals surface area contributed by atoms with Gasteiger partial charge in [0.15, 0.2) is 11.6 Å². The molecule has 0 aliphatic carbocycles. The predicted molar refractivity (Wildman–Crippen MR) is 57.5 cm³/mol. The Morgan fingerprint density at radius 2 is 2.00 bits per heavy atom. The minimum Gasteiger partial charge on any atom is -0.478 e. The molecule has 0 bridgehead atoms. The molecule has 1 aromatic carbocycles. The summed E-state index contributed by atoms with van der Waals surface area (Å²) in [6.07, 6.45) is -6.98. The Hall–Kier alpha value is -1.76. The van der Waals surface area contributed by atoms with Crippen molar-refractivity contribution in [3.8, 4) is 5.75 Å². The molecular formula is C11H5ClF4O3. The van der Waals surface area contributed by atoms with E-state index >= 15 is 0 Å². The molecule has 0 saturated heterocycles. The number of carbonyl (C=O) groups is 1. The molecule has 1 aromatic rings. The number of benzene rings is 1.